The summed E-state index contributed by atoms with van der Waals surface area (Å²) < 4.78 is 0. The molecule has 0 saturated carbocycles. The molecule has 0 aromatic heterocycles. The van der Waals surface area contributed by atoms with Gasteiger partial charge in [0.1, 0.15) is 0 Å². The van der Waals surface area contributed by atoms with Crippen molar-refractivity contribution in [1.29, 1.82) is 0 Å². The first kappa shape index (κ1) is 17.9. The van der Waals surface area contributed by atoms with E-state index >= 15 is 0 Å². The van der Waals surface area contributed by atoms with E-state index in [2.05, 4.69) is 53.9 Å². The summed E-state index contributed by atoms with van der Waals surface area (Å²) in [5.74, 6) is 5.43. The topological polar surface area (TPSA) is 38.0 Å². The predicted molar refractivity (Wildman–Crippen MR) is 82.3 cm³/mol. The zero-order chi connectivity index (χ0) is 14.4. The van der Waals surface area contributed by atoms with Gasteiger partial charge in [-0.1, -0.05) is 54.9 Å². The Labute approximate surface area is 115 Å². The first-order valence-electron chi connectivity index (χ1n) is 7.41. The van der Waals surface area contributed by atoms with Gasteiger partial charge in [-0.2, -0.15) is 0 Å². The maximum atomic E-state index is 5.43. The minimum atomic E-state index is 0.302. The molecule has 0 bridgehead atoms. The summed E-state index contributed by atoms with van der Waals surface area (Å²) in [5.41, 5.74) is 4.04. The lowest BCUT2D eigenvalue weighted by molar-refractivity contribution is 0.209. The van der Waals surface area contributed by atoms with Crippen molar-refractivity contribution in [2.45, 2.75) is 80.6 Å². The van der Waals surface area contributed by atoms with E-state index in [9.17, 15) is 0 Å². The van der Waals surface area contributed by atoms with Crippen LogP contribution < -0.4 is 11.3 Å². The summed E-state index contributed by atoms with van der Waals surface area (Å²) in [4.78, 5) is 0. The normalized spacial score (nSPS) is 14.0. The maximum absolute atomic E-state index is 5.43. The lowest BCUT2D eigenvalue weighted by Crippen LogP contribution is -2.34. The first-order valence-corrected chi connectivity index (χ1v) is 7.41. The summed E-state index contributed by atoms with van der Waals surface area (Å²) in [6.07, 6.45) is 6.51. The van der Waals surface area contributed by atoms with E-state index < -0.39 is 0 Å². The molecule has 18 heavy (non-hydrogen) atoms. The van der Waals surface area contributed by atoms with Crippen LogP contribution in [-0.2, 0) is 0 Å². The molecule has 0 aliphatic rings. The molecule has 0 aliphatic carbocycles. The molecule has 0 spiro atoms. The first-order chi connectivity index (χ1) is 7.97. The number of hydrogen-bond donors (Lipinski definition) is 2. The summed E-state index contributed by atoms with van der Waals surface area (Å²) >= 11 is 0. The minimum absolute atomic E-state index is 0.302. The van der Waals surface area contributed by atoms with Gasteiger partial charge < -0.3 is 0 Å². The number of hydrogen-bond acceptors (Lipinski definition) is 2. The van der Waals surface area contributed by atoms with Crippen molar-refractivity contribution in [2.24, 2.45) is 22.1 Å². The number of rotatable bonds is 8. The maximum Gasteiger partial charge on any atom is 0.0149 e. The fourth-order valence-corrected chi connectivity index (χ4v) is 2.26. The third kappa shape index (κ3) is 9.90. The second kappa shape index (κ2) is 6.91. The number of nitrogens with two attached hydrogens (primary N) is 1. The lowest BCUT2D eigenvalue weighted by Gasteiger charge is -2.32. The van der Waals surface area contributed by atoms with E-state index in [0.29, 0.717) is 16.2 Å². The van der Waals surface area contributed by atoms with Crippen LogP contribution in [0.25, 0.3) is 0 Å². The van der Waals surface area contributed by atoms with Crippen molar-refractivity contribution in [1.82, 2.24) is 5.43 Å². The Hall–Kier alpha value is -0.0800. The molecule has 0 aromatic rings. The van der Waals surface area contributed by atoms with E-state index in [0.717, 1.165) is 6.54 Å². The second-order valence-corrected chi connectivity index (χ2v) is 8.62. The van der Waals surface area contributed by atoms with Gasteiger partial charge >= 0.3 is 0 Å². The highest BCUT2D eigenvalue weighted by Gasteiger charge is 2.24. The lowest BCUT2D eigenvalue weighted by atomic mass is 9.75. The van der Waals surface area contributed by atoms with Gasteiger partial charge in [0.25, 0.3) is 0 Å². The van der Waals surface area contributed by atoms with Crippen molar-refractivity contribution in [3.05, 3.63) is 0 Å². The quantitative estimate of drug-likeness (QED) is 0.496. The fraction of sp³-hybridized carbons (Fsp3) is 1.00. The summed E-state index contributed by atoms with van der Waals surface area (Å²) in [5, 5.41) is 0. The molecule has 110 valence electrons. The predicted octanol–water partition coefficient (Wildman–Crippen LogP) is 4.50. The van der Waals surface area contributed by atoms with Crippen LogP contribution in [0.4, 0.5) is 0 Å². The Morgan fingerprint density at radius 3 is 1.67 bits per heavy atom. The van der Waals surface area contributed by atoms with Gasteiger partial charge in [-0.15, -0.1) is 0 Å². The molecular weight excluding hydrogens is 220 g/mol. The third-order valence-electron chi connectivity index (χ3n) is 3.84. The molecule has 0 aliphatic heterocycles. The average Bonchev–Trinajstić information content (AvgIpc) is 2.13. The molecule has 0 heterocycles. The molecular formula is C16H36N2. The summed E-state index contributed by atoms with van der Waals surface area (Å²) in [6, 6.07) is 0. The van der Waals surface area contributed by atoms with Crippen LogP contribution in [-0.4, -0.2) is 6.54 Å². The van der Waals surface area contributed by atoms with Gasteiger partial charge in [0.15, 0.2) is 0 Å². The van der Waals surface area contributed by atoms with Crippen molar-refractivity contribution >= 4 is 0 Å². The van der Waals surface area contributed by atoms with Crippen molar-refractivity contribution in [2.75, 3.05) is 6.54 Å². The zero-order valence-corrected chi connectivity index (χ0v) is 13.8. The molecule has 0 aromatic carbocycles. The van der Waals surface area contributed by atoms with Crippen LogP contribution in [0.3, 0.4) is 0 Å². The Kier molecular flexibility index (Phi) is 6.87. The van der Waals surface area contributed by atoms with Crippen molar-refractivity contribution < 1.29 is 0 Å². The Morgan fingerprint density at radius 2 is 1.22 bits per heavy atom. The summed E-state index contributed by atoms with van der Waals surface area (Å²) in [7, 11) is 0. The molecule has 0 rings (SSSR count). The average molecular weight is 256 g/mol. The van der Waals surface area contributed by atoms with E-state index in [4.69, 9.17) is 5.84 Å². The van der Waals surface area contributed by atoms with Crippen LogP contribution in [0, 0.1) is 16.2 Å². The summed E-state index contributed by atoms with van der Waals surface area (Å²) in [6.45, 7) is 17.3. The van der Waals surface area contributed by atoms with E-state index in [-0.39, 0.29) is 0 Å². The zero-order valence-electron chi connectivity index (χ0n) is 13.8. The molecule has 0 unspecified atom stereocenters. The highest BCUT2D eigenvalue weighted by molar-refractivity contribution is 4.77. The van der Waals surface area contributed by atoms with Gasteiger partial charge in [-0.3, -0.25) is 11.3 Å². The van der Waals surface area contributed by atoms with Crippen molar-refractivity contribution in [3.63, 3.8) is 0 Å². The van der Waals surface area contributed by atoms with Crippen molar-refractivity contribution in [3.8, 4) is 0 Å². The largest absolute Gasteiger partial charge is 0.271 e. The molecule has 0 amide bonds. The molecule has 3 N–H and O–H groups in total. The highest BCUT2D eigenvalue weighted by Crippen LogP contribution is 2.35. The molecule has 0 atom stereocenters. The van der Waals surface area contributed by atoms with E-state index in [1.165, 1.54) is 32.1 Å². The molecule has 0 saturated heterocycles. The fourth-order valence-electron chi connectivity index (χ4n) is 2.26. The Balaban J connectivity index is 4.00. The standard InChI is InChI=1S/C16H36N2/c1-14(2,3)9-8-10-15(4,5)11-12-16(6,7)13-18-17/h18H,8-13,17H2,1-7H3. The Bertz CT molecular complexity index is 224. The van der Waals surface area contributed by atoms with Crippen LogP contribution >= 0.6 is 0 Å². The molecule has 2 heteroatoms. The van der Waals surface area contributed by atoms with Crippen LogP contribution in [0.2, 0.25) is 0 Å². The molecule has 0 radical (unpaired) electrons. The molecule has 2 nitrogen and oxygen atoms in total. The van der Waals surface area contributed by atoms with Gasteiger partial charge in [0.2, 0.25) is 0 Å². The van der Waals surface area contributed by atoms with Crippen LogP contribution in [0.5, 0.6) is 0 Å². The van der Waals surface area contributed by atoms with Crippen LogP contribution in [0.15, 0.2) is 0 Å². The van der Waals surface area contributed by atoms with Gasteiger partial charge in [0.05, 0.1) is 0 Å². The number of hydrazine groups is 1. The minimum Gasteiger partial charge on any atom is -0.271 e. The van der Waals surface area contributed by atoms with E-state index in [1.54, 1.807) is 0 Å². The SMILES string of the molecule is CC(C)(C)CCCC(C)(C)CCC(C)(C)CNN. The van der Waals surface area contributed by atoms with Gasteiger partial charge in [-0.05, 0) is 41.9 Å². The number of nitrogens with one attached hydrogen (secondary N) is 1. The van der Waals surface area contributed by atoms with Crippen LogP contribution in [0.1, 0.15) is 80.6 Å². The highest BCUT2D eigenvalue weighted by atomic mass is 15.2. The smallest absolute Gasteiger partial charge is 0.0149 e. The van der Waals surface area contributed by atoms with Gasteiger partial charge in [0, 0.05) is 6.54 Å². The second-order valence-electron chi connectivity index (χ2n) is 8.62. The Morgan fingerprint density at radius 1 is 0.722 bits per heavy atom. The monoisotopic (exact) mass is 256 g/mol. The van der Waals surface area contributed by atoms with Gasteiger partial charge in [-0.25, -0.2) is 0 Å². The molecule has 0 fully saturated rings. The third-order valence-corrected chi connectivity index (χ3v) is 3.84. The van der Waals surface area contributed by atoms with E-state index in [1.807, 2.05) is 0 Å².